The average Bonchev–Trinajstić information content (AvgIpc) is 2.29. The van der Waals surface area contributed by atoms with E-state index in [1.54, 1.807) is 6.20 Å². The summed E-state index contributed by atoms with van der Waals surface area (Å²) in [4.78, 5) is 4.04. The Labute approximate surface area is 104 Å². The zero-order valence-corrected chi connectivity index (χ0v) is 10.9. The first-order chi connectivity index (χ1) is 8.13. The lowest BCUT2D eigenvalue weighted by Gasteiger charge is -2.16. The summed E-state index contributed by atoms with van der Waals surface area (Å²) < 4.78 is 0. The lowest BCUT2D eigenvalue weighted by Crippen LogP contribution is -2.16. The monoisotopic (exact) mass is 231 g/mol. The van der Waals surface area contributed by atoms with Crippen LogP contribution < -0.4 is 5.32 Å². The van der Waals surface area contributed by atoms with Crippen molar-refractivity contribution in [2.24, 2.45) is 5.92 Å². The highest BCUT2D eigenvalue weighted by Gasteiger charge is 2.06. The van der Waals surface area contributed by atoms with Gasteiger partial charge in [-0.2, -0.15) is 5.26 Å². The molecule has 92 valence electrons. The number of nitriles is 1. The third kappa shape index (κ3) is 4.86. The quantitative estimate of drug-likeness (QED) is 0.814. The maximum Gasteiger partial charge on any atom is 0.163 e. The minimum atomic E-state index is 0.380. The number of nitrogens with zero attached hydrogens (tertiary/aromatic N) is 2. The Hall–Kier alpha value is -1.56. The zero-order chi connectivity index (χ0) is 12.7. The van der Waals surface area contributed by atoms with Crippen LogP contribution in [-0.2, 0) is 0 Å². The molecule has 17 heavy (non-hydrogen) atoms. The van der Waals surface area contributed by atoms with Gasteiger partial charge >= 0.3 is 0 Å². The van der Waals surface area contributed by atoms with E-state index in [1.807, 2.05) is 12.1 Å². The summed E-state index contributed by atoms with van der Waals surface area (Å²) in [5.74, 6) is 0.760. The molecule has 0 saturated heterocycles. The van der Waals surface area contributed by atoms with E-state index in [0.717, 1.165) is 18.0 Å². The first kappa shape index (κ1) is 13.5. The first-order valence-electron chi connectivity index (χ1n) is 6.25. The van der Waals surface area contributed by atoms with Crippen molar-refractivity contribution < 1.29 is 0 Å². The fourth-order valence-electron chi connectivity index (χ4n) is 1.78. The Morgan fingerprint density at radius 1 is 1.35 bits per heavy atom. The van der Waals surface area contributed by atoms with Crippen LogP contribution in [0.15, 0.2) is 18.3 Å². The Morgan fingerprint density at radius 3 is 2.76 bits per heavy atom. The van der Waals surface area contributed by atoms with Crippen molar-refractivity contribution in [2.75, 3.05) is 5.32 Å². The van der Waals surface area contributed by atoms with Crippen molar-refractivity contribution in [2.45, 2.75) is 46.1 Å². The summed E-state index contributed by atoms with van der Waals surface area (Å²) >= 11 is 0. The van der Waals surface area contributed by atoms with Gasteiger partial charge in [0.1, 0.15) is 6.07 Å². The Bertz CT molecular complexity index is 379. The summed E-state index contributed by atoms with van der Waals surface area (Å²) in [6, 6.07) is 6.24. The topological polar surface area (TPSA) is 48.7 Å². The summed E-state index contributed by atoms with van der Waals surface area (Å²) in [7, 11) is 0. The highest BCUT2D eigenvalue weighted by Crippen LogP contribution is 2.15. The second-order valence-corrected chi connectivity index (χ2v) is 4.88. The average molecular weight is 231 g/mol. The Kier molecular flexibility index (Phi) is 5.48. The van der Waals surface area contributed by atoms with Gasteiger partial charge in [-0.1, -0.05) is 26.7 Å². The van der Waals surface area contributed by atoms with Crippen LogP contribution in [0.1, 0.15) is 45.7 Å². The van der Waals surface area contributed by atoms with E-state index < -0.39 is 0 Å². The van der Waals surface area contributed by atoms with Crippen molar-refractivity contribution >= 4 is 5.69 Å². The molecule has 1 atom stereocenters. The van der Waals surface area contributed by atoms with Crippen molar-refractivity contribution in [3.8, 4) is 6.07 Å². The molecule has 3 heteroatoms. The van der Waals surface area contributed by atoms with E-state index in [9.17, 15) is 0 Å². The second-order valence-electron chi connectivity index (χ2n) is 4.88. The smallest absolute Gasteiger partial charge is 0.163 e. The predicted molar refractivity (Wildman–Crippen MR) is 70.7 cm³/mol. The number of pyridine rings is 1. The molecule has 0 aliphatic heterocycles. The van der Waals surface area contributed by atoms with Crippen LogP contribution >= 0.6 is 0 Å². The lowest BCUT2D eigenvalue weighted by molar-refractivity contribution is 0.520. The Morgan fingerprint density at radius 2 is 2.12 bits per heavy atom. The minimum absolute atomic E-state index is 0.380. The largest absolute Gasteiger partial charge is 0.380 e. The standard InChI is InChI=1S/C14H21N3/c1-11(2)6-4-7-12(3)17-13-8-5-9-16-14(13)10-15/h5,8-9,11-12,17H,4,6-7H2,1-3H3. The number of hydrogen-bond donors (Lipinski definition) is 1. The van der Waals surface area contributed by atoms with Crippen LogP contribution in [0, 0.1) is 17.2 Å². The summed E-state index contributed by atoms with van der Waals surface area (Å²) in [5.41, 5.74) is 1.32. The van der Waals surface area contributed by atoms with Gasteiger partial charge in [0.15, 0.2) is 5.69 Å². The summed E-state index contributed by atoms with van der Waals surface area (Å²) in [6.07, 6.45) is 5.24. The molecule has 0 amide bonds. The van der Waals surface area contributed by atoms with Crippen LogP contribution in [0.5, 0.6) is 0 Å². The molecule has 0 aliphatic carbocycles. The molecule has 0 bridgehead atoms. The van der Waals surface area contributed by atoms with Crippen molar-refractivity contribution in [3.05, 3.63) is 24.0 Å². The molecular formula is C14H21N3. The van der Waals surface area contributed by atoms with Gasteiger partial charge in [0, 0.05) is 12.2 Å². The van der Waals surface area contributed by atoms with Gasteiger partial charge in [-0.3, -0.25) is 0 Å². The van der Waals surface area contributed by atoms with Crippen LogP contribution in [0.25, 0.3) is 0 Å². The van der Waals surface area contributed by atoms with E-state index in [0.29, 0.717) is 11.7 Å². The molecule has 0 aliphatic rings. The molecule has 1 aromatic rings. The molecule has 0 radical (unpaired) electrons. The summed E-state index contributed by atoms with van der Waals surface area (Å²) in [5, 5.41) is 12.3. The molecule has 1 heterocycles. The molecule has 1 aromatic heterocycles. The molecule has 0 aromatic carbocycles. The second kappa shape index (κ2) is 6.90. The number of nitrogens with one attached hydrogen (secondary N) is 1. The van der Waals surface area contributed by atoms with Crippen molar-refractivity contribution in [1.29, 1.82) is 5.26 Å². The fourth-order valence-corrected chi connectivity index (χ4v) is 1.78. The normalized spacial score (nSPS) is 12.2. The molecule has 1 rings (SSSR count). The van der Waals surface area contributed by atoms with Crippen LogP contribution in [0.2, 0.25) is 0 Å². The SMILES string of the molecule is CC(C)CCCC(C)Nc1cccnc1C#N. The number of hydrogen-bond acceptors (Lipinski definition) is 3. The summed E-state index contributed by atoms with van der Waals surface area (Å²) in [6.45, 7) is 6.63. The maximum absolute atomic E-state index is 8.93. The van der Waals surface area contributed by atoms with E-state index in [2.05, 4.69) is 37.1 Å². The van der Waals surface area contributed by atoms with E-state index in [1.165, 1.54) is 12.8 Å². The molecule has 3 nitrogen and oxygen atoms in total. The third-order valence-electron chi connectivity index (χ3n) is 2.73. The van der Waals surface area contributed by atoms with Crippen LogP contribution in [-0.4, -0.2) is 11.0 Å². The van der Waals surface area contributed by atoms with Gasteiger partial charge in [-0.15, -0.1) is 0 Å². The third-order valence-corrected chi connectivity index (χ3v) is 2.73. The highest BCUT2D eigenvalue weighted by molar-refractivity contribution is 5.53. The lowest BCUT2D eigenvalue weighted by atomic mass is 10.0. The van der Waals surface area contributed by atoms with Gasteiger partial charge in [0.05, 0.1) is 5.69 Å². The minimum Gasteiger partial charge on any atom is -0.380 e. The Balaban J connectivity index is 2.45. The first-order valence-corrected chi connectivity index (χ1v) is 6.25. The van der Waals surface area contributed by atoms with Crippen LogP contribution in [0.3, 0.4) is 0 Å². The van der Waals surface area contributed by atoms with Gasteiger partial charge in [-0.25, -0.2) is 4.98 Å². The van der Waals surface area contributed by atoms with E-state index >= 15 is 0 Å². The fraction of sp³-hybridized carbons (Fsp3) is 0.571. The van der Waals surface area contributed by atoms with Crippen molar-refractivity contribution in [1.82, 2.24) is 4.98 Å². The van der Waals surface area contributed by atoms with Crippen molar-refractivity contribution in [3.63, 3.8) is 0 Å². The predicted octanol–water partition coefficient (Wildman–Crippen LogP) is 3.58. The molecular weight excluding hydrogens is 210 g/mol. The number of aromatic nitrogens is 1. The molecule has 0 fully saturated rings. The van der Waals surface area contributed by atoms with Gasteiger partial charge < -0.3 is 5.32 Å². The number of anilines is 1. The molecule has 0 spiro atoms. The molecule has 0 saturated carbocycles. The highest BCUT2D eigenvalue weighted by atomic mass is 14.9. The van der Waals surface area contributed by atoms with Gasteiger partial charge in [-0.05, 0) is 31.4 Å². The maximum atomic E-state index is 8.93. The van der Waals surface area contributed by atoms with Crippen LogP contribution in [0.4, 0.5) is 5.69 Å². The van der Waals surface area contributed by atoms with Gasteiger partial charge in [0.2, 0.25) is 0 Å². The van der Waals surface area contributed by atoms with E-state index in [4.69, 9.17) is 5.26 Å². The van der Waals surface area contributed by atoms with Gasteiger partial charge in [0.25, 0.3) is 0 Å². The zero-order valence-electron chi connectivity index (χ0n) is 10.9. The molecule has 1 N–H and O–H groups in total. The van der Waals surface area contributed by atoms with E-state index in [-0.39, 0.29) is 0 Å². The number of rotatable bonds is 6. The molecule has 1 unspecified atom stereocenters.